The standard InChI is InChI=1S/C11H20N2O3/c1-9(10(14)12-2)13-5-3-4-11(8-13)15-6-7-16-11/h9H,3-8H2,1-2H3,(H,12,14). The summed E-state index contributed by atoms with van der Waals surface area (Å²) in [6.45, 7) is 4.89. The number of hydrogen-bond acceptors (Lipinski definition) is 4. The van der Waals surface area contributed by atoms with Crippen LogP contribution in [0.4, 0.5) is 0 Å². The van der Waals surface area contributed by atoms with Crippen molar-refractivity contribution in [2.24, 2.45) is 0 Å². The molecule has 5 nitrogen and oxygen atoms in total. The van der Waals surface area contributed by atoms with E-state index >= 15 is 0 Å². The third kappa shape index (κ3) is 2.21. The molecule has 0 aromatic rings. The van der Waals surface area contributed by atoms with Crippen molar-refractivity contribution >= 4 is 5.91 Å². The van der Waals surface area contributed by atoms with Crippen LogP contribution in [-0.2, 0) is 14.3 Å². The number of likely N-dealkylation sites (N-methyl/N-ethyl adjacent to an activating group) is 1. The molecule has 2 heterocycles. The van der Waals surface area contributed by atoms with Crippen LogP contribution in [0, 0.1) is 0 Å². The number of likely N-dealkylation sites (tertiary alicyclic amines) is 1. The van der Waals surface area contributed by atoms with Gasteiger partial charge in [0, 0.05) is 13.5 Å². The van der Waals surface area contributed by atoms with Crippen molar-refractivity contribution in [1.29, 1.82) is 0 Å². The second-order valence-electron chi connectivity index (χ2n) is 4.47. The second-order valence-corrected chi connectivity index (χ2v) is 4.47. The maximum absolute atomic E-state index is 11.6. The minimum atomic E-state index is -0.444. The predicted molar refractivity (Wildman–Crippen MR) is 59.0 cm³/mol. The highest BCUT2D eigenvalue weighted by Gasteiger charge is 2.42. The molecule has 2 rings (SSSR count). The summed E-state index contributed by atoms with van der Waals surface area (Å²) in [4.78, 5) is 13.7. The number of hydrogen-bond donors (Lipinski definition) is 1. The highest BCUT2D eigenvalue weighted by Crippen LogP contribution is 2.30. The second kappa shape index (κ2) is 4.69. The molecule has 0 radical (unpaired) electrons. The van der Waals surface area contributed by atoms with Gasteiger partial charge in [-0.05, 0) is 19.9 Å². The zero-order valence-electron chi connectivity index (χ0n) is 9.99. The molecule has 1 spiro atoms. The van der Waals surface area contributed by atoms with Gasteiger partial charge in [0.25, 0.3) is 0 Å². The van der Waals surface area contributed by atoms with Gasteiger partial charge in [-0.1, -0.05) is 0 Å². The van der Waals surface area contributed by atoms with E-state index < -0.39 is 5.79 Å². The molecule has 16 heavy (non-hydrogen) atoms. The fourth-order valence-electron chi connectivity index (χ4n) is 2.46. The molecule has 0 saturated carbocycles. The monoisotopic (exact) mass is 228 g/mol. The van der Waals surface area contributed by atoms with Crippen LogP contribution in [0.1, 0.15) is 19.8 Å². The van der Waals surface area contributed by atoms with E-state index in [0.717, 1.165) is 19.4 Å². The lowest BCUT2D eigenvalue weighted by atomic mass is 10.0. The predicted octanol–water partition coefficient (Wildman–Crippen LogP) is -0.0402. The highest BCUT2D eigenvalue weighted by atomic mass is 16.7. The first-order valence-corrected chi connectivity index (χ1v) is 5.90. The Kier molecular flexibility index (Phi) is 3.47. The fraction of sp³-hybridized carbons (Fsp3) is 0.909. The number of piperidine rings is 1. The van der Waals surface area contributed by atoms with Crippen LogP contribution in [-0.4, -0.2) is 56.0 Å². The molecular weight excluding hydrogens is 208 g/mol. The Balaban J connectivity index is 1.98. The molecule has 1 unspecified atom stereocenters. The van der Waals surface area contributed by atoms with E-state index in [0.29, 0.717) is 19.8 Å². The summed E-state index contributed by atoms with van der Waals surface area (Å²) in [7, 11) is 1.67. The van der Waals surface area contributed by atoms with Gasteiger partial charge in [-0.25, -0.2) is 0 Å². The average Bonchev–Trinajstić information content (AvgIpc) is 2.75. The number of carbonyl (C=O) groups excluding carboxylic acids is 1. The number of nitrogens with zero attached hydrogens (tertiary/aromatic N) is 1. The molecule has 2 saturated heterocycles. The van der Waals surface area contributed by atoms with E-state index in [-0.39, 0.29) is 11.9 Å². The van der Waals surface area contributed by atoms with E-state index in [9.17, 15) is 4.79 Å². The quantitative estimate of drug-likeness (QED) is 0.720. The fourth-order valence-corrected chi connectivity index (χ4v) is 2.46. The molecule has 2 aliphatic heterocycles. The maximum atomic E-state index is 11.6. The number of rotatable bonds is 2. The van der Waals surface area contributed by atoms with Crippen molar-refractivity contribution in [3.8, 4) is 0 Å². The first-order valence-electron chi connectivity index (χ1n) is 5.90. The zero-order valence-corrected chi connectivity index (χ0v) is 9.99. The number of amides is 1. The van der Waals surface area contributed by atoms with Crippen molar-refractivity contribution < 1.29 is 14.3 Å². The molecule has 1 atom stereocenters. The Morgan fingerprint density at radius 1 is 1.44 bits per heavy atom. The minimum absolute atomic E-state index is 0.0510. The largest absolute Gasteiger partial charge is 0.358 e. The van der Waals surface area contributed by atoms with Crippen molar-refractivity contribution in [2.75, 3.05) is 33.4 Å². The van der Waals surface area contributed by atoms with Gasteiger partial charge in [-0.3, -0.25) is 9.69 Å². The zero-order chi connectivity index (χ0) is 11.6. The molecule has 1 N–H and O–H groups in total. The molecule has 0 aromatic carbocycles. The lowest BCUT2D eigenvalue weighted by molar-refractivity contribution is -0.193. The highest BCUT2D eigenvalue weighted by molar-refractivity contribution is 5.80. The van der Waals surface area contributed by atoms with Crippen LogP contribution in [0.25, 0.3) is 0 Å². The van der Waals surface area contributed by atoms with Crippen molar-refractivity contribution in [1.82, 2.24) is 10.2 Å². The Hall–Kier alpha value is -0.650. The summed E-state index contributed by atoms with van der Waals surface area (Å²) < 4.78 is 11.4. The van der Waals surface area contributed by atoms with Gasteiger partial charge >= 0.3 is 0 Å². The Bertz CT molecular complexity index is 264. The van der Waals surface area contributed by atoms with Crippen molar-refractivity contribution in [2.45, 2.75) is 31.6 Å². The molecule has 0 aliphatic carbocycles. The summed E-state index contributed by atoms with van der Waals surface area (Å²) in [6.07, 6.45) is 1.95. The van der Waals surface area contributed by atoms with Gasteiger partial charge in [0.2, 0.25) is 5.91 Å². The minimum Gasteiger partial charge on any atom is -0.358 e. The van der Waals surface area contributed by atoms with E-state index in [1.54, 1.807) is 7.05 Å². The topological polar surface area (TPSA) is 50.8 Å². The number of nitrogens with one attached hydrogen (secondary N) is 1. The van der Waals surface area contributed by atoms with E-state index in [1.807, 2.05) is 6.92 Å². The van der Waals surface area contributed by atoms with Crippen LogP contribution in [0.3, 0.4) is 0 Å². The van der Waals surface area contributed by atoms with E-state index in [2.05, 4.69) is 10.2 Å². The smallest absolute Gasteiger partial charge is 0.236 e. The molecule has 5 heteroatoms. The molecule has 2 aliphatic rings. The average molecular weight is 228 g/mol. The lowest BCUT2D eigenvalue weighted by Gasteiger charge is -2.40. The third-order valence-electron chi connectivity index (χ3n) is 3.43. The molecular formula is C11H20N2O3. The van der Waals surface area contributed by atoms with Gasteiger partial charge in [0.05, 0.1) is 25.8 Å². The number of carbonyl (C=O) groups is 1. The first kappa shape index (κ1) is 11.8. The van der Waals surface area contributed by atoms with E-state index in [1.165, 1.54) is 0 Å². The summed E-state index contributed by atoms with van der Waals surface area (Å²) in [5.41, 5.74) is 0. The Labute approximate surface area is 96.1 Å². The summed E-state index contributed by atoms with van der Waals surface area (Å²) in [6, 6.07) is -0.116. The van der Waals surface area contributed by atoms with Crippen molar-refractivity contribution in [3.05, 3.63) is 0 Å². The summed E-state index contributed by atoms with van der Waals surface area (Å²) >= 11 is 0. The summed E-state index contributed by atoms with van der Waals surface area (Å²) in [5.74, 6) is -0.393. The SMILES string of the molecule is CNC(=O)C(C)N1CCCC2(C1)OCCO2. The molecule has 0 bridgehead atoms. The van der Waals surface area contributed by atoms with Crippen LogP contribution >= 0.6 is 0 Å². The van der Waals surface area contributed by atoms with Crippen LogP contribution in [0.2, 0.25) is 0 Å². The normalized spacial score (nSPS) is 26.9. The lowest BCUT2D eigenvalue weighted by Crippen LogP contribution is -2.55. The molecule has 92 valence electrons. The Morgan fingerprint density at radius 2 is 2.12 bits per heavy atom. The van der Waals surface area contributed by atoms with Crippen LogP contribution < -0.4 is 5.32 Å². The van der Waals surface area contributed by atoms with Gasteiger partial charge < -0.3 is 14.8 Å². The van der Waals surface area contributed by atoms with Gasteiger partial charge in [0.15, 0.2) is 5.79 Å². The maximum Gasteiger partial charge on any atom is 0.236 e. The Morgan fingerprint density at radius 3 is 2.75 bits per heavy atom. The number of ether oxygens (including phenoxy) is 2. The van der Waals surface area contributed by atoms with Gasteiger partial charge in [0.1, 0.15) is 0 Å². The van der Waals surface area contributed by atoms with Crippen molar-refractivity contribution in [3.63, 3.8) is 0 Å². The molecule has 2 fully saturated rings. The molecule has 0 aromatic heterocycles. The van der Waals surface area contributed by atoms with Gasteiger partial charge in [-0.2, -0.15) is 0 Å². The van der Waals surface area contributed by atoms with Crippen LogP contribution in [0.5, 0.6) is 0 Å². The first-order chi connectivity index (χ1) is 7.67. The molecule has 1 amide bonds. The third-order valence-corrected chi connectivity index (χ3v) is 3.43. The summed E-state index contributed by atoms with van der Waals surface area (Å²) in [5, 5.41) is 2.68. The van der Waals surface area contributed by atoms with Gasteiger partial charge in [-0.15, -0.1) is 0 Å². The van der Waals surface area contributed by atoms with E-state index in [4.69, 9.17) is 9.47 Å². The van der Waals surface area contributed by atoms with Crippen LogP contribution in [0.15, 0.2) is 0 Å².